The zero-order chi connectivity index (χ0) is 13.1. The van der Waals surface area contributed by atoms with Gasteiger partial charge in [-0.2, -0.15) is 0 Å². The van der Waals surface area contributed by atoms with Gasteiger partial charge in [-0.1, -0.05) is 0 Å². The van der Waals surface area contributed by atoms with Crippen LogP contribution in [0.15, 0.2) is 18.2 Å². The Labute approximate surface area is 104 Å². The number of halogens is 2. The SMILES string of the molecule is COC(=O)[C@H]1CNCC[C@H]1c1cc(F)cc(F)c1. The van der Waals surface area contributed by atoms with Gasteiger partial charge in [0.2, 0.25) is 0 Å². The van der Waals surface area contributed by atoms with Crippen molar-refractivity contribution in [3.8, 4) is 0 Å². The minimum absolute atomic E-state index is 0.205. The Morgan fingerprint density at radius 1 is 1.33 bits per heavy atom. The van der Waals surface area contributed by atoms with Crippen LogP contribution in [0.1, 0.15) is 17.9 Å². The van der Waals surface area contributed by atoms with Crippen LogP contribution in [0.25, 0.3) is 0 Å². The van der Waals surface area contributed by atoms with E-state index in [0.717, 1.165) is 12.6 Å². The molecule has 0 unspecified atom stereocenters. The summed E-state index contributed by atoms with van der Waals surface area (Å²) in [6, 6.07) is 3.40. The largest absolute Gasteiger partial charge is 0.469 e. The van der Waals surface area contributed by atoms with Gasteiger partial charge in [0, 0.05) is 12.6 Å². The maximum Gasteiger partial charge on any atom is 0.310 e. The molecule has 1 aromatic carbocycles. The summed E-state index contributed by atoms with van der Waals surface area (Å²) in [5.41, 5.74) is 0.518. The van der Waals surface area contributed by atoms with Crippen LogP contribution in [0.2, 0.25) is 0 Å². The van der Waals surface area contributed by atoms with E-state index in [0.29, 0.717) is 18.5 Å². The number of ether oxygens (including phenoxy) is 1. The third-order valence-electron chi connectivity index (χ3n) is 3.30. The first-order valence-corrected chi connectivity index (χ1v) is 5.86. The minimum atomic E-state index is -0.618. The number of nitrogens with one attached hydrogen (secondary N) is 1. The van der Waals surface area contributed by atoms with Gasteiger partial charge in [-0.25, -0.2) is 8.78 Å². The number of carbonyl (C=O) groups excluding carboxylic acids is 1. The minimum Gasteiger partial charge on any atom is -0.469 e. The van der Waals surface area contributed by atoms with Gasteiger partial charge in [-0.05, 0) is 36.6 Å². The molecule has 1 N–H and O–H groups in total. The van der Waals surface area contributed by atoms with Crippen molar-refractivity contribution in [3.05, 3.63) is 35.4 Å². The lowest BCUT2D eigenvalue weighted by Gasteiger charge is -2.30. The summed E-state index contributed by atoms with van der Waals surface area (Å²) < 4.78 is 31.2. The van der Waals surface area contributed by atoms with Crippen LogP contribution < -0.4 is 5.32 Å². The molecule has 0 amide bonds. The zero-order valence-corrected chi connectivity index (χ0v) is 10.1. The van der Waals surface area contributed by atoms with Crippen LogP contribution in [0.4, 0.5) is 8.78 Å². The Kier molecular flexibility index (Phi) is 3.91. The summed E-state index contributed by atoms with van der Waals surface area (Å²) in [4.78, 5) is 11.7. The molecule has 0 bridgehead atoms. The first-order chi connectivity index (χ1) is 8.61. The summed E-state index contributed by atoms with van der Waals surface area (Å²) in [7, 11) is 1.32. The highest BCUT2D eigenvalue weighted by atomic mass is 19.1. The number of hydrogen-bond acceptors (Lipinski definition) is 3. The Morgan fingerprint density at radius 3 is 2.61 bits per heavy atom. The van der Waals surface area contributed by atoms with Crippen molar-refractivity contribution >= 4 is 5.97 Å². The predicted molar refractivity (Wildman–Crippen MR) is 62.1 cm³/mol. The second kappa shape index (κ2) is 5.44. The summed E-state index contributed by atoms with van der Waals surface area (Å²) in [5.74, 6) is -2.19. The van der Waals surface area contributed by atoms with Gasteiger partial charge in [0.1, 0.15) is 11.6 Å². The van der Waals surface area contributed by atoms with Crippen LogP contribution in [0.5, 0.6) is 0 Å². The molecule has 1 saturated heterocycles. The van der Waals surface area contributed by atoms with E-state index in [2.05, 4.69) is 5.32 Å². The molecule has 3 nitrogen and oxygen atoms in total. The Morgan fingerprint density at radius 2 is 2.00 bits per heavy atom. The Balaban J connectivity index is 2.30. The molecule has 0 spiro atoms. The molecule has 1 fully saturated rings. The molecule has 0 aromatic heterocycles. The normalized spacial score (nSPS) is 23.7. The molecule has 0 aliphatic carbocycles. The number of methoxy groups -OCH3 is 1. The molecule has 18 heavy (non-hydrogen) atoms. The van der Waals surface area contributed by atoms with Crippen LogP contribution in [0, 0.1) is 17.6 Å². The summed E-state index contributed by atoms with van der Waals surface area (Å²) in [5, 5.41) is 3.09. The topological polar surface area (TPSA) is 38.3 Å². The number of benzene rings is 1. The third kappa shape index (κ3) is 2.67. The fourth-order valence-electron chi connectivity index (χ4n) is 2.45. The predicted octanol–water partition coefficient (Wildman–Crippen LogP) is 1.83. The zero-order valence-electron chi connectivity index (χ0n) is 10.1. The van der Waals surface area contributed by atoms with E-state index in [-0.39, 0.29) is 11.9 Å². The van der Waals surface area contributed by atoms with E-state index in [9.17, 15) is 13.6 Å². The smallest absolute Gasteiger partial charge is 0.310 e. The highest BCUT2D eigenvalue weighted by molar-refractivity contribution is 5.74. The van der Waals surface area contributed by atoms with E-state index in [4.69, 9.17) is 4.74 Å². The number of piperidine rings is 1. The fourth-order valence-corrected chi connectivity index (χ4v) is 2.45. The first-order valence-electron chi connectivity index (χ1n) is 5.86. The summed E-state index contributed by atoms with van der Waals surface area (Å²) in [6.07, 6.45) is 0.655. The Hall–Kier alpha value is -1.49. The maximum absolute atomic E-state index is 13.2. The average Bonchev–Trinajstić information content (AvgIpc) is 2.36. The van der Waals surface area contributed by atoms with Crippen molar-refractivity contribution < 1.29 is 18.3 Å². The highest BCUT2D eigenvalue weighted by Gasteiger charge is 2.33. The fraction of sp³-hybridized carbons (Fsp3) is 0.462. The van der Waals surface area contributed by atoms with Crippen molar-refractivity contribution in [1.29, 1.82) is 0 Å². The van der Waals surface area contributed by atoms with E-state index in [1.54, 1.807) is 0 Å². The van der Waals surface area contributed by atoms with Crippen LogP contribution in [-0.4, -0.2) is 26.2 Å². The Bertz CT molecular complexity index is 430. The van der Waals surface area contributed by atoms with Gasteiger partial charge in [-0.3, -0.25) is 4.79 Å². The van der Waals surface area contributed by atoms with Gasteiger partial charge in [-0.15, -0.1) is 0 Å². The number of carbonyl (C=O) groups is 1. The molecule has 1 aliphatic heterocycles. The molecular formula is C13H15F2NO2. The molecule has 2 rings (SSSR count). The second-order valence-corrected chi connectivity index (χ2v) is 4.43. The molecule has 98 valence electrons. The van der Waals surface area contributed by atoms with E-state index in [1.165, 1.54) is 19.2 Å². The molecule has 0 saturated carbocycles. The molecule has 2 atom stereocenters. The molecule has 1 aromatic rings. The van der Waals surface area contributed by atoms with Crippen molar-refractivity contribution in [2.24, 2.45) is 5.92 Å². The van der Waals surface area contributed by atoms with Crippen molar-refractivity contribution in [1.82, 2.24) is 5.32 Å². The second-order valence-electron chi connectivity index (χ2n) is 4.43. The lowest BCUT2D eigenvalue weighted by Crippen LogP contribution is -2.40. The molecule has 0 radical (unpaired) electrons. The van der Waals surface area contributed by atoms with Gasteiger partial charge < -0.3 is 10.1 Å². The van der Waals surface area contributed by atoms with Crippen molar-refractivity contribution in [2.75, 3.05) is 20.2 Å². The molecule has 1 heterocycles. The van der Waals surface area contributed by atoms with Gasteiger partial charge in [0.25, 0.3) is 0 Å². The highest BCUT2D eigenvalue weighted by Crippen LogP contribution is 2.31. The number of esters is 1. The van der Waals surface area contributed by atoms with Crippen LogP contribution in [0.3, 0.4) is 0 Å². The van der Waals surface area contributed by atoms with Gasteiger partial charge >= 0.3 is 5.97 Å². The van der Waals surface area contributed by atoms with Crippen LogP contribution in [-0.2, 0) is 9.53 Å². The van der Waals surface area contributed by atoms with Crippen LogP contribution >= 0.6 is 0 Å². The average molecular weight is 255 g/mol. The molecule has 1 aliphatic rings. The lowest BCUT2D eigenvalue weighted by molar-refractivity contribution is -0.146. The van der Waals surface area contributed by atoms with E-state index in [1.807, 2.05) is 0 Å². The quantitative estimate of drug-likeness (QED) is 0.819. The lowest BCUT2D eigenvalue weighted by atomic mass is 9.81. The van der Waals surface area contributed by atoms with E-state index >= 15 is 0 Å². The van der Waals surface area contributed by atoms with E-state index < -0.39 is 17.6 Å². The standard InChI is InChI=1S/C13H15F2NO2/c1-18-13(17)12-7-16-3-2-11(12)8-4-9(14)6-10(15)5-8/h4-6,11-12,16H,2-3,7H2,1H3/t11-,12-/m0/s1. The molecular weight excluding hydrogens is 240 g/mol. The third-order valence-corrected chi connectivity index (χ3v) is 3.30. The van der Waals surface area contributed by atoms with Gasteiger partial charge in [0.15, 0.2) is 0 Å². The molecule has 5 heteroatoms. The summed E-state index contributed by atoms with van der Waals surface area (Å²) in [6.45, 7) is 1.19. The maximum atomic E-state index is 13.2. The number of rotatable bonds is 2. The van der Waals surface area contributed by atoms with Crippen molar-refractivity contribution in [3.63, 3.8) is 0 Å². The summed E-state index contributed by atoms with van der Waals surface area (Å²) >= 11 is 0. The monoisotopic (exact) mass is 255 g/mol. The van der Waals surface area contributed by atoms with Gasteiger partial charge in [0.05, 0.1) is 13.0 Å². The number of hydrogen-bond donors (Lipinski definition) is 1. The van der Waals surface area contributed by atoms with Crippen molar-refractivity contribution in [2.45, 2.75) is 12.3 Å². The first kappa shape index (κ1) is 13.0.